The zero-order valence-corrected chi connectivity index (χ0v) is 24.0. The summed E-state index contributed by atoms with van der Waals surface area (Å²) in [5.74, 6) is -1.71. The molecule has 1 aliphatic heterocycles. The first kappa shape index (κ1) is 31.1. The van der Waals surface area contributed by atoms with Crippen molar-refractivity contribution in [3.63, 3.8) is 0 Å². The number of nitrogens with one attached hydrogen (secondary N) is 2. The SMILES string of the molecule is CN1CCC(C(=O)c2cc(CCC(=O)Nc3ccc(Oc4ccnc(NC(=O)C5CC5)c4)c(F)c3)cc(C(F)(F)F)c2)CC1. The number of anilines is 2. The van der Waals surface area contributed by atoms with Crippen LogP contribution in [0.3, 0.4) is 0 Å². The minimum absolute atomic E-state index is 0.00550. The maximum atomic E-state index is 14.8. The smallest absolute Gasteiger partial charge is 0.416 e. The molecule has 2 fully saturated rings. The van der Waals surface area contributed by atoms with Gasteiger partial charge in [-0.3, -0.25) is 14.4 Å². The van der Waals surface area contributed by atoms with Crippen LogP contribution in [-0.2, 0) is 22.2 Å². The summed E-state index contributed by atoms with van der Waals surface area (Å²) in [5, 5.41) is 5.23. The molecule has 1 saturated carbocycles. The van der Waals surface area contributed by atoms with Crippen LogP contribution < -0.4 is 15.4 Å². The summed E-state index contributed by atoms with van der Waals surface area (Å²) < 4.78 is 61.3. The molecule has 2 amide bonds. The second-order valence-corrected chi connectivity index (χ2v) is 11.3. The van der Waals surface area contributed by atoms with Crippen LogP contribution in [0.2, 0.25) is 0 Å². The molecular formula is C32H32F4N4O4. The summed E-state index contributed by atoms with van der Waals surface area (Å²) in [4.78, 5) is 43.8. The van der Waals surface area contributed by atoms with Crippen molar-refractivity contribution < 1.29 is 36.7 Å². The van der Waals surface area contributed by atoms with Gasteiger partial charge in [0.15, 0.2) is 17.3 Å². The van der Waals surface area contributed by atoms with E-state index in [9.17, 15) is 31.9 Å². The molecule has 0 spiro atoms. The van der Waals surface area contributed by atoms with E-state index < -0.39 is 23.5 Å². The third-order valence-electron chi connectivity index (χ3n) is 7.71. The van der Waals surface area contributed by atoms with Gasteiger partial charge in [-0.2, -0.15) is 13.2 Å². The van der Waals surface area contributed by atoms with Crippen molar-refractivity contribution in [1.29, 1.82) is 0 Å². The number of halogens is 4. The average molecular weight is 613 g/mol. The summed E-state index contributed by atoms with van der Waals surface area (Å²) in [6, 6.07) is 10.0. The highest BCUT2D eigenvalue weighted by Gasteiger charge is 2.33. The second kappa shape index (κ2) is 13.1. The Labute approximate surface area is 251 Å². The monoisotopic (exact) mass is 612 g/mol. The van der Waals surface area contributed by atoms with Crippen LogP contribution in [0.15, 0.2) is 54.7 Å². The van der Waals surface area contributed by atoms with Gasteiger partial charge in [-0.05, 0) is 94.2 Å². The molecule has 0 bridgehead atoms. The first-order valence-electron chi connectivity index (χ1n) is 14.4. The van der Waals surface area contributed by atoms with Gasteiger partial charge in [0, 0.05) is 47.8 Å². The zero-order chi connectivity index (χ0) is 31.4. The van der Waals surface area contributed by atoms with Crippen LogP contribution >= 0.6 is 0 Å². The van der Waals surface area contributed by atoms with Crippen LogP contribution in [0, 0.1) is 17.7 Å². The van der Waals surface area contributed by atoms with E-state index in [2.05, 4.69) is 20.5 Å². The van der Waals surface area contributed by atoms with E-state index in [1.54, 1.807) is 0 Å². The number of ether oxygens (including phenoxy) is 1. The molecule has 0 atom stereocenters. The summed E-state index contributed by atoms with van der Waals surface area (Å²) in [7, 11) is 1.93. The Balaban J connectivity index is 1.20. The molecule has 1 aromatic heterocycles. The molecule has 2 aromatic carbocycles. The number of benzene rings is 2. The number of carbonyl (C=O) groups is 3. The van der Waals surface area contributed by atoms with E-state index in [-0.39, 0.29) is 70.5 Å². The number of aromatic nitrogens is 1. The number of hydrogen-bond acceptors (Lipinski definition) is 6. The maximum absolute atomic E-state index is 14.8. The van der Waals surface area contributed by atoms with E-state index in [1.165, 1.54) is 36.5 Å². The predicted octanol–water partition coefficient (Wildman–Crippen LogP) is 6.48. The maximum Gasteiger partial charge on any atom is 0.416 e. The number of amides is 2. The van der Waals surface area contributed by atoms with Crippen molar-refractivity contribution in [2.75, 3.05) is 30.8 Å². The largest absolute Gasteiger partial charge is 0.454 e. The number of Topliss-reactive ketones (excluding diaryl/α,β-unsaturated/α-hetero) is 1. The number of aryl methyl sites for hydroxylation is 1. The zero-order valence-electron chi connectivity index (χ0n) is 24.0. The van der Waals surface area contributed by atoms with E-state index in [4.69, 9.17) is 4.74 Å². The number of ketones is 1. The molecule has 5 rings (SSSR count). The van der Waals surface area contributed by atoms with Gasteiger partial charge in [0.1, 0.15) is 11.6 Å². The standard InChI is InChI=1S/C32H32F4N4O4/c1-40-12-9-20(10-13-40)30(42)22-14-19(15-23(16-22)32(34,35)36)2-7-29(41)38-24-5-6-27(26(33)17-24)44-25-8-11-37-28(18-25)39-31(43)21-3-4-21/h5-6,8,11,14-18,20-21H,2-4,7,9-10,12-13H2,1H3,(H,38,41)(H,37,39,43). The topological polar surface area (TPSA) is 101 Å². The molecule has 12 heteroatoms. The lowest BCUT2D eigenvalue weighted by Crippen LogP contribution is -2.33. The number of rotatable bonds is 10. The Bertz CT molecular complexity index is 1550. The Kier molecular flexibility index (Phi) is 9.28. The molecule has 0 unspecified atom stereocenters. The van der Waals surface area contributed by atoms with E-state index in [0.717, 1.165) is 31.0 Å². The second-order valence-electron chi connectivity index (χ2n) is 11.3. The first-order chi connectivity index (χ1) is 20.9. The highest BCUT2D eigenvalue weighted by atomic mass is 19.4. The Morgan fingerprint density at radius 2 is 1.70 bits per heavy atom. The van der Waals surface area contributed by atoms with Gasteiger partial charge >= 0.3 is 6.18 Å². The Morgan fingerprint density at radius 3 is 2.39 bits per heavy atom. The molecule has 1 saturated heterocycles. The number of carbonyl (C=O) groups excluding carboxylic acids is 3. The summed E-state index contributed by atoms with van der Waals surface area (Å²) >= 11 is 0. The molecule has 2 N–H and O–H groups in total. The van der Waals surface area contributed by atoms with Gasteiger partial charge in [0.05, 0.1) is 5.56 Å². The molecule has 0 radical (unpaired) electrons. The lowest BCUT2D eigenvalue weighted by Gasteiger charge is -2.28. The van der Waals surface area contributed by atoms with Crippen molar-refractivity contribution in [3.05, 3.63) is 77.2 Å². The van der Waals surface area contributed by atoms with Gasteiger partial charge in [0.25, 0.3) is 0 Å². The number of alkyl halides is 3. The first-order valence-corrected chi connectivity index (χ1v) is 14.4. The van der Waals surface area contributed by atoms with Gasteiger partial charge in [-0.25, -0.2) is 9.37 Å². The Morgan fingerprint density at radius 1 is 0.955 bits per heavy atom. The Hall–Kier alpha value is -4.32. The number of likely N-dealkylation sites (tertiary alicyclic amines) is 1. The quantitative estimate of drug-likeness (QED) is 0.201. The predicted molar refractivity (Wildman–Crippen MR) is 155 cm³/mol. The molecule has 1 aliphatic carbocycles. The molecule has 2 heterocycles. The minimum atomic E-state index is -4.65. The van der Waals surface area contributed by atoms with E-state index in [0.29, 0.717) is 25.9 Å². The van der Waals surface area contributed by atoms with Crippen molar-refractivity contribution in [3.8, 4) is 11.5 Å². The fourth-order valence-corrected chi connectivity index (χ4v) is 5.04. The third kappa shape index (κ3) is 8.19. The number of hydrogen-bond donors (Lipinski definition) is 2. The van der Waals surface area contributed by atoms with Crippen molar-refractivity contribution in [1.82, 2.24) is 9.88 Å². The summed E-state index contributed by atoms with van der Waals surface area (Å²) in [6.45, 7) is 1.39. The minimum Gasteiger partial charge on any atom is -0.454 e. The van der Waals surface area contributed by atoms with Gasteiger partial charge in [0.2, 0.25) is 11.8 Å². The summed E-state index contributed by atoms with van der Waals surface area (Å²) in [6.07, 6.45) is -0.641. The van der Waals surface area contributed by atoms with Crippen molar-refractivity contribution >= 4 is 29.1 Å². The van der Waals surface area contributed by atoms with Gasteiger partial charge < -0.3 is 20.3 Å². The van der Waals surface area contributed by atoms with E-state index in [1.807, 2.05) is 7.05 Å². The van der Waals surface area contributed by atoms with Gasteiger partial charge in [-0.1, -0.05) is 0 Å². The fourth-order valence-electron chi connectivity index (χ4n) is 5.04. The normalized spacial score (nSPS) is 15.9. The van der Waals surface area contributed by atoms with Crippen molar-refractivity contribution in [2.24, 2.45) is 11.8 Å². The average Bonchev–Trinajstić information content (AvgIpc) is 3.83. The molecule has 8 nitrogen and oxygen atoms in total. The summed E-state index contributed by atoms with van der Waals surface area (Å²) in [5.41, 5.74) is -0.592. The number of nitrogens with zero attached hydrogens (tertiary/aromatic N) is 2. The highest BCUT2D eigenvalue weighted by molar-refractivity contribution is 5.98. The molecule has 232 valence electrons. The lowest BCUT2D eigenvalue weighted by molar-refractivity contribution is -0.137. The molecular weight excluding hydrogens is 580 g/mol. The molecule has 44 heavy (non-hydrogen) atoms. The van der Waals surface area contributed by atoms with E-state index >= 15 is 0 Å². The van der Waals surface area contributed by atoms with Crippen LogP contribution in [0.5, 0.6) is 11.5 Å². The number of piperidine rings is 1. The van der Waals surface area contributed by atoms with Crippen LogP contribution in [0.4, 0.5) is 29.1 Å². The van der Waals surface area contributed by atoms with Crippen LogP contribution in [0.25, 0.3) is 0 Å². The van der Waals surface area contributed by atoms with Gasteiger partial charge in [-0.15, -0.1) is 0 Å². The fraction of sp³-hybridized carbons (Fsp3) is 0.375. The highest BCUT2D eigenvalue weighted by Crippen LogP contribution is 2.33. The molecule has 2 aliphatic rings. The lowest BCUT2D eigenvalue weighted by atomic mass is 9.87. The van der Waals surface area contributed by atoms with Crippen LogP contribution in [-0.4, -0.2) is 47.6 Å². The van der Waals surface area contributed by atoms with Crippen molar-refractivity contribution in [2.45, 2.75) is 44.7 Å². The molecule has 3 aromatic rings. The van der Waals surface area contributed by atoms with Crippen LogP contribution in [0.1, 0.15) is 53.6 Å². The number of pyridine rings is 1. The third-order valence-corrected chi connectivity index (χ3v) is 7.71.